The summed E-state index contributed by atoms with van der Waals surface area (Å²) < 4.78 is 0. The van der Waals surface area contributed by atoms with Gasteiger partial charge in [0, 0.05) is 5.56 Å². The molecule has 70 valence electrons. The lowest BCUT2D eigenvalue weighted by molar-refractivity contribution is -0.116. The predicted octanol–water partition coefficient (Wildman–Crippen LogP) is 1.34. The van der Waals surface area contributed by atoms with Crippen molar-refractivity contribution in [1.82, 2.24) is 5.32 Å². The lowest BCUT2D eigenvalue weighted by atomic mass is 10.2. The maximum atomic E-state index is 10.7. The van der Waals surface area contributed by atoms with Gasteiger partial charge in [-0.3, -0.25) is 4.79 Å². The summed E-state index contributed by atoms with van der Waals surface area (Å²) in [5.41, 5.74) is 0.945. The molecule has 0 aliphatic carbocycles. The zero-order valence-corrected chi connectivity index (χ0v) is 7.79. The minimum Gasteiger partial charge on any atom is -0.342 e. The Hall–Kier alpha value is -2.01. The first-order valence-corrected chi connectivity index (χ1v) is 4.27. The van der Waals surface area contributed by atoms with Crippen LogP contribution in [0.25, 0.3) is 0 Å². The topological polar surface area (TPSA) is 29.1 Å². The van der Waals surface area contributed by atoms with E-state index in [1.54, 1.807) is 0 Å². The molecular formula is C12H11NO. The van der Waals surface area contributed by atoms with E-state index < -0.39 is 0 Å². The van der Waals surface area contributed by atoms with Gasteiger partial charge in [0.2, 0.25) is 5.91 Å². The molecule has 0 unspecified atom stereocenters. The molecule has 0 saturated carbocycles. The molecule has 0 bridgehead atoms. The molecule has 14 heavy (non-hydrogen) atoms. The van der Waals surface area contributed by atoms with Crippen molar-refractivity contribution < 1.29 is 4.79 Å². The van der Waals surface area contributed by atoms with E-state index in [0.717, 1.165) is 5.56 Å². The Kier molecular flexibility index (Phi) is 4.03. The van der Waals surface area contributed by atoms with Crippen molar-refractivity contribution in [1.29, 1.82) is 0 Å². The fourth-order valence-electron chi connectivity index (χ4n) is 0.871. The van der Waals surface area contributed by atoms with Gasteiger partial charge in [0.05, 0.1) is 6.54 Å². The molecule has 0 atom stereocenters. The summed E-state index contributed by atoms with van der Waals surface area (Å²) in [6.45, 7) is 3.68. The highest BCUT2D eigenvalue weighted by Crippen LogP contribution is 1.93. The first-order chi connectivity index (χ1) is 6.83. The first kappa shape index (κ1) is 10.1. The molecule has 1 amide bonds. The summed E-state index contributed by atoms with van der Waals surface area (Å²) in [6.07, 6.45) is 1.23. The highest BCUT2D eigenvalue weighted by Gasteiger charge is 1.87. The van der Waals surface area contributed by atoms with E-state index in [1.165, 1.54) is 6.08 Å². The zero-order valence-electron chi connectivity index (χ0n) is 7.79. The average molecular weight is 185 g/mol. The number of hydrogen-bond donors (Lipinski definition) is 1. The Labute approximate surface area is 83.6 Å². The summed E-state index contributed by atoms with van der Waals surface area (Å²) in [5.74, 6) is 5.56. The van der Waals surface area contributed by atoms with E-state index in [0.29, 0.717) is 6.54 Å². The maximum absolute atomic E-state index is 10.7. The number of nitrogens with one attached hydrogen (secondary N) is 1. The molecule has 0 spiro atoms. The van der Waals surface area contributed by atoms with Crippen LogP contribution in [0.2, 0.25) is 0 Å². The molecule has 0 aliphatic heterocycles. The largest absolute Gasteiger partial charge is 0.342 e. The highest BCUT2D eigenvalue weighted by atomic mass is 16.1. The van der Waals surface area contributed by atoms with Crippen molar-refractivity contribution in [3.63, 3.8) is 0 Å². The number of carbonyl (C=O) groups is 1. The fraction of sp³-hybridized carbons (Fsp3) is 0.0833. The van der Waals surface area contributed by atoms with E-state index in [-0.39, 0.29) is 5.91 Å². The van der Waals surface area contributed by atoms with Gasteiger partial charge < -0.3 is 5.32 Å². The SMILES string of the molecule is C=CC(=O)NCC#Cc1ccccc1. The number of benzene rings is 1. The van der Waals surface area contributed by atoms with Crippen LogP contribution < -0.4 is 5.32 Å². The Morgan fingerprint density at radius 1 is 1.43 bits per heavy atom. The number of amides is 1. The van der Waals surface area contributed by atoms with Crippen LogP contribution in [0.15, 0.2) is 43.0 Å². The fourth-order valence-corrected chi connectivity index (χ4v) is 0.871. The lowest BCUT2D eigenvalue weighted by Crippen LogP contribution is -2.20. The second kappa shape index (κ2) is 5.60. The van der Waals surface area contributed by atoms with Crippen molar-refractivity contribution in [3.8, 4) is 11.8 Å². The van der Waals surface area contributed by atoms with Crippen LogP contribution >= 0.6 is 0 Å². The van der Waals surface area contributed by atoms with Gasteiger partial charge in [0.1, 0.15) is 0 Å². The molecule has 0 saturated heterocycles. The average Bonchev–Trinajstić information content (AvgIpc) is 2.25. The van der Waals surface area contributed by atoms with Crippen LogP contribution in [0, 0.1) is 11.8 Å². The van der Waals surface area contributed by atoms with Gasteiger partial charge in [-0.2, -0.15) is 0 Å². The molecule has 1 aromatic carbocycles. The van der Waals surface area contributed by atoms with Crippen molar-refractivity contribution in [3.05, 3.63) is 48.6 Å². The minimum atomic E-state index is -0.202. The van der Waals surface area contributed by atoms with E-state index in [2.05, 4.69) is 23.7 Å². The van der Waals surface area contributed by atoms with Crippen LogP contribution in [0.3, 0.4) is 0 Å². The Balaban J connectivity index is 2.42. The van der Waals surface area contributed by atoms with Crippen LogP contribution in [-0.4, -0.2) is 12.5 Å². The Morgan fingerprint density at radius 2 is 2.14 bits per heavy atom. The second-order valence-corrected chi connectivity index (χ2v) is 2.59. The standard InChI is InChI=1S/C12H11NO/c1-2-12(14)13-10-6-9-11-7-4-3-5-8-11/h2-5,7-8H,1,10H2,(H,13,14). The third-order valence-electron chi connectivity index (χ3n) is 1.54. The molecular weight excluding hydrogens is 174 g/mol. The van der Waals surface area contributed by atoms with Gasteiger partial charge in [-0.25, -0.2) is 0 Å². The number of rotatable bonds is 2. The summed E-state index contributed by atoms with van der Waals surface area (Å²) >= 11 is 0. The first-order valence-electron chi connectivity index (χ1n) is 4.27. The molecule has 1 aromatic rings. The Bertz CT molecular complexity index is 370. The summed E-state index contributed by atoms with van der Waals surface area (Å²) in [5, 5.41) is 2.57. The van der Waals surface area contributed by atoms with E-state index in [9.17, 15) is 4.79 Å². The maximum Gasteiger partial charge on any atom is 0.244 e. The van der Waals surface area contributed by atoms with Gasteiger partial charge in [-0.05, 0) is 18.2 Å². The minimum absolute atomic E-state index is 0.202. The van der Waals surface area contributed by atoms with Crippen LogP contribution in [-0.2, 0) is 4.79 Å². The van der Waals surface area contributed by atoms with Gasteiger partial charge in [-0.1, -0.05) is 36.6 Å². The molecule has 0 radical (unpaired) electrons. The van der Waals surface area contributed by atoms with Crippen LogP contribution in [0.5, 0.6) is 0 Å². The highest BCUT2D eigenvalue weighted by molar-refractivity contribution is 5.86. The van der Waals surface area contributed by atoms with E-state index >= 15 is 0 Å². The predicted molar refractivity (Wildman–Crippen MR) is 56.5 cm³/mol. The molecule has 0 heterocycles. The van der Waals surface area contributed by atoms with Crippen molar-refractivity contribution in [2.45, 2.75) is 0 Å². The van der Waals surface area contributed by atoms with Crippen LogP contribution in [0.4, 0.5) is 0 Å². The van der Waals surface area contributed by atoms with Gasteiger partial charge in [0.15, 0.2) is 0 Å². The Morgan fingerprint density at radius 3 is 2.79 bits per heavy atom. The third-order valence-corrected chi connectivity index (χ3v) is 1.54. The number of carbonyl (C=O) groups excluding carboxylic acids is 1. The molecule has 0 aromatic heterocycles. The van der Waals surface area contributed by atoms with Crippen molar-refractivity contribution in [2.75, 3.05) is 6.54 Å². The summed E-state index contributed by atoms with van der Waals surface area (Å²) in [4.78, 5) is 10.7. The van der Waals surface area contributed by atoms with Crippen molar-refractivity contribution in [2.24, 2.45) is 0 Å². The van der Waals surface area contributed by atoms with Gasteiger partial charge in [0.25, 0.3) is 0 Å². The molecule has 2 nitrogen and oxygen atoms in total. The van der Waals surface area contributed by atoms with Crippen LogP contribution in [0.1, 0.15) is 5.56 Å². The summed E-state index contributed by atoms with van der Waals surface area (Å²) in [7, 11) is 0. The quantitative estimate of drug-likeness (QED) is 0.546. The molecule has 2 heteroatoms. The molecule has 1 rings (SSSR count). The lowest BCUT2D eigenvalue weighted by Gasteiger charge is -1.92. The van der Waals surface area contributed by atoms with Gasteiger partial charge >= 0.3 is 0 Å². The molecule has 0 aliphatic rings. The van der Waals surface area contributed by atoms with E-state index in [4.69, 9.17) is 0 Å². The van der Waals surface area contributed by atoms with Crippen molar-refractivity contribution >= 4 is 5.91 Å². The van der Waals surface area contributed by atoms with E-state index in [1.807, 2.05) is 30.3 Å². The molecule has 0 fully saturated rings. The smallest absolute Gasteiger partial charge is 0.244 e. The monoisotopic (exact) mass is 185 g/mol. The second-order valence-electron chi connectivity index (χ2n) is 2.59. The van der Waals surface area contributed by atoms with Gasteiger partial charge in [-0.15, -0.1) is 0 Å². The number of hydrogen-bond acceptors (Lipinski definition) is 1. The zero-order chi connectivity index (χ0) is 10.2. The normalized spacial score (nSPS) is 8.29. The third kappa shape index (κ3) is 3.59. The molecule has 1 N–H and O–H groups in total. The summed E-state index contributed by atoms with van der Waals surface area (Å²) in [6, 6.07) is 9.62.